The topological polar surface area (TPSA) is 115 Å². The Bertz CT molecular complexity index is 1330. The van der Waals surface area contributed by atoms with Gasteiger partial charge in [-0.2, -0.15) is 5.26 Å². The molecule has 0 unspecified atom stereocenters. The molecule has 1 amide bonds. The van der Waals surface area contributed by atoms with Gasteiger partial charge in [-0.25, -0.2) is 4.39 Å². The lowest BCUT2D eigenvalue weighted by Crippen LogP contribution is -2.29. The van der Waals surface area contributed by atoms with E-state index >= 15 is 0 Å². The summed E-state index contributed by atoms with van der Waals surface area (Å²) in [5.41, 5.74) is 1.23. The second-order valence-corrected chi connectivity index (χ2v) is 9.93. The average Bonchev–Trinajstić information content (AvgIpc) is 3.10. The Morgan fingerprint density at radius 3 is 2.58 bits per heavy atom. The number of carboxylic acid groups (broad SMARTS) is 1. The van der Waals surface area contributed by atoms with Crippen molar-refractivity contribution in [3.05, 3.63) is 67.6 Å². The van der Waals surface area contributed by atoms with E-state index in [1.807, 2.05) is 6.07 Å². The molecule has 188 valence electrons. The van der Waals surface area contributed by atoms with Crippen LogP contribution in [0, 0.1) is 24.1 Å². The fourth-order valence-corrected chi connectivity index (χ4v) is 5.07. The van der Waals surface area contributed by atoms with Gasteiger partial charge in [0, 0.05) is 32.1 Å². The minimum atomic E-state index is -0.850. The highest BCUT2D eigenvalue weighted by molar-refractivity contribution is 8.26. The molecule has 11 heteroatoms. The summed E-state index contributed by atoms with van der Waals surface area (Å²) in [6.07, 6.45) is 3.52. The van der Waals surface area contributed by atoms with Crippen LogP contribution >= 0.6 is 24.0 Å². The van der Waals surface area contributed by atoms with Gasteiger partial charge in [-0.1, -0.05) is 42.5 Å². The summed E-state index contributed by atoms with van der Waals surface area (Å²) < 4.78 is 15.0. The Hall–Kier alpha value is -3.49. The van der Waals surface area contributed by atoms with Crippen molar-refractivity contribution in [2.75, 3.05) is 11.9 Å². The van der Waals surface area contributed by atoms with E-state index in [1.165, 1.54) is 28.6 Å². The Morgan fingerprint density at radius 2 is 1.94 bits per heavy atom. The molecule has 0 atom stereocenters. The minimum Gasteiger partial charge on any atom is -0.481 e. The number of nitrogens with one attached hydrogen (secondary N) is 1. The molecule has 1 fully saturated rings. The second kappa shape index (κ2) is 12.0. The average molecular weight is 529 g/mol. The normalized spacial score (nSPS) is 14.4. The number of thiocarbonyl (C=S) groups is 1. The summed E-state index contributed by atoms with van der Waals surface area (Å²) in [5, 5.41) is 21.5. The number of pyridine rings is 1. The van der Waals surface area contributed by atoms with E-state index in [1.54, 1.807) is 25.1 Å². The number of aliphatic carboxylic acids is 1. The summed E-state index contributed by atoms with van der Waals surface area (Å²) in [5.74, 6) is -1.07. The smallest absolute Gasteiger partial charge is 0.303 e. The first-order valence-electron chi connectivity index (χ1n) is 11.2. The maximum Gasteiger partial charge on any atom is 0.303 e. The van der Waals surface area contributed by atoms with Gasteiger partial charge in [-0.15, -0.1) is 0 Å². The number of carbonyl (C=O) groups excluding carboxylic acids is 1. The number of nitrogens with zero attached hydrogens (tertiary/aromatic N) is 3. The van der Waals surface area contributed by atoms with E-state index in [-0.39, 0.29) is 30.3 Å². The molecular formula is C25H25FN4O4S2. The number of halogens is 1. The molecule has 0 spiro atoms. The first kappa shape index (κ1) is 27.1. The molecule has 0 saturated carbocycles. The molecule has 1 aliphatic rings. The highest BCUT2D eigenvalue weighted by Gasteiger charge is 2.32. The van der Waals surface area contributed by atoms with Crippen LogP contribution in [-0.2, 0) is 23.2 Å². The molecule has 36 heavy (non-hydrogen) atoms. The highest BCUT2D eigenvalue weighted by Crippen LogP contribution is 2.35. The van der Waals surface area contributed by atoms with Crippen molar-refractivity contribution in [3.8, 4) is 6.07 Å². The maximum absolute atomic E-state index is 13.3. The lowest BCUT2D eigenvalue weighted by molar-refractivity contribution is -0.137. The first-order chi connectivity index (χ1) is 17.1. The van der Waals surface area contributed by atoms with Crippen LogP contribution < -0.4 is 10.9 Å². The van der Waals surface area contributed by atoms with Gasteiger partial charge in [0.1, 0.15) is 27.6 Å². The molecule has 8 nitrogen and oxygen atoms in total. The van der Waals surface area contributed by atoms with E-state index in [0.29, 0.717) is 52.0 Å². The molecule has 1 saturated heterocycles. The number of benzene rings is 1. The van der Waals surface area contributed by atoms with Crippen LogP contribution in [0.4, 0.5) is 10.2 Å². The van der Waals surface area contributed by atoms with Gasteiger partial charge in [-0.05, 0) is 49.1 Å². The summed E-state index contributed by atoms with van der Waals surface area (Å²) in [6, 6.07) is 7.88. The fourth-order valence-electron chi connectivity index (χ4n) is 3.78. The van der Waals surface area contributed by atoms with E-state index < -0.39 is 11.5 Å². The Balaban J connectivity index is 1.89. The SMILES string of the molecule is Cc1c(/C=C2/SC(=S)N(CCCCCC(=O)O)C2=O)c(NCc2ccc(F)cc2)n(C)c(=O)c1C#N. The number of unbranched alkanes of at least 4 members (excludes halogenated alkanes) is 2. The zero-order chi connectivity index (χ0) is 26.4. The lowest BCUT2D eigenvalue weighted by atomic mass is 10.0. The quantitative estimate of drug-likeness (QED) is 0.268. The predicted octanol–water partition coefficient (Wildman–Crippen LogP) is 4.16. The molecule has 1 aliphatic heterocycles. The number of hydrogen-bond donors (Lipinski definition) is 2. The highest BCUT2D eigenvalue weighted by atomic mass is 32.2. The summed E-state index contributed by atoms with van der Waals surface area (Å²) in [6.45, 7) is 2.32. The van der Waals surface area contributed by atoms with Crippen molar-refractivity contribution < 1.29 is 19.1 Å². The van der Waals surface area contributed by atoms with Crippen LogP contribution in [0.2, 0.25) is 0 Å². The van der Waals surface area contributed by atoms with Crippen LogP contribution in [0.25, 0.3) is 6.08 Å². The van der Waals surface area contributed by atoms with Crippen LogP contribution in [0.1, 0.15) is 47.9 Å². The standard InChI is InChI=1S/C25H25FN4O4S2/c1-15-18(12-20-24(34)30(25(35)36-20)11-5-3-4-6-21(31)32)22(29(2)23(33)19(15)13-27)28-14-16-7-9-17(26)10-8-16/h7-10,12,28H,3-6,11,14H2,1-2H3,(H,31,32)/b20-12+. The Morgan fingerprint density at radius 1 is 1.25 bits per heavy atom. The number of rotatable bonds is 10. The minimum absolute atomic E-state index is 0.0232. The molecule has 2 heterocycles. The van der Waals surface area contributed by atoms with Crippen molar-refractivity contribution in [2.45, 2.75) is 39.2 Å². The van der Waals surface area contributed by atoms with E-state index in [9.17, 15) is 24.0 Å². The molecule has 3 rings (SSSR count). The molecule has 2 aromatic rings. The van der Waals surface area contributed by atoms with Crippen LogP contribution in [-0.4, -0.2) is 37.3 Å². The van der Waals surface area contributed by atoms with Crippen molar-refractivity contribution in [1.29, 1.82) is 5.26 Å². The number of carboxylic acids is 1. The van der Waals surface area contributed by atoms with Crippen molar-refractivity contribution in [3.63, 3.8) is 0 Å². The third kappa shape index (κ3) is 6.19. The molecule has 1 aromatic carbocycles. The molecule has 0 radical (unpaired) electrons. The zero-order valence-electron chi connectivity index (χ0n) is 19.8. The first-order valence-corrected chi connectivity index (χ1v) is 12.5. The van der Waals surface area contributed by atoms with Gasteiger partial charge in [0.2, 0.25) is 0 Å². The maximum atomic E-state index is 13.3. The lowest BCUT2D eigenvalue weighted by Gasteiger charge is -2.18. The van der Waals surface area contributed by atoms with Crippen LogP contribution in [0.3, 0.4) is 0 Å². The largest absolute Gasteiger partial charge is 0.481 e. The van der Waals surface area contributed by atoms with Gasteiger partial charge in [-0.3, -0.25) is 23.9 Å². The zero-order valence-corrected chi connectivity index (χ0v) is 21.5. The molecule has 0 aliphatic carbocycles. The number of nitriles is 1. The van der Waals surface area contributed by atoms with Crippen molar-refractivity contribution in [1.82, 2.24) is 9.47 Å². The van der Waals surface area contributed by atoms with Gasteiger partial charge >= 0.3 is 5.97 Å². The number of hydrogen-bond acceptors (Lipinski definition) is 7. The second-order valence-electron chi connectivity index (χ2n) is 8.26. The molecular weight excluding hydrogens is 503 g/mol. The van der Waals surface area contributed by atoms with E-state index in [2.05, 4.69) is 5.32 Å². The molecule has 2 N–H and O–H groups in total. The number of carbonyl (C=O) groups is 2. The fraction of sp³-hybridized carbons (Fsp3) is 0.320. The third-order valence-corrected chi connectivity index (χ3v) is 7.17. The Kier molecular flexibility index (Phi) is 9.01. The number of amides is 1. The van der Waals surface area contributed by atoms with Crippen LogP contribution in [0.15, 0.2) is 34.0 Å². The van der Waals surface area contributed by atoms with Gasteiger partial charge < -0.3 is 10.4 Å². The number of aromatic nitrogens is 1. The summed E-state index contributed by atoms with van der Waals surface area (Å²) in [7, 11) is 1.54. The van der Waals surface area contributed by atoms with Gasteiger partial charge in [0.25, 0.3) is 11.5 Å². The number of thioether (sulfide) groups is 1. The van der Waals surface area contributed by atoms with E-state index in [0.717, 1.165) is 17.3 Å². The number of anilines is 1. The van der Waals surface area contributed by atoms with Gasteiger partial charge in [0.15, 0.2) is 0 Å². The van der Waals surface area contributed by atoms with E-state index in [4.69, 9.17) is 17.3 Å². The molecule has 1 aromatic heterocycles. The molecule has 0 bridgehead atoms. The Labute approximate surface area is 217 Å². The summed E-state index contributed by atoms with van der Waals surface area (Å²) in [4.78, 5) is 38.4. The monoisotopic (exact) mass is 528 g/mol. The van der Waals surface area contributed by atoms with Crippen LogP contribution in [0.5, 0.6) is 0 Å². The summed E-state index contributed by atoms with van der Waals surface area (Å²) >= 11 is 6.53. The third-order valence-electron chi connectivity index (χ3n) is 5.79. The predicted molar refractivity (Wildman–Crippen MR) is 141 cm³/mol. The van der Waals surface area contributed by atoms with Crippen molar-refractivity contribution >= 4 is 52.1 Å². The van der Waals surface area contributed by atoms with Gasteiger partial charge in [0.05, 0.1) is 4.91 Å². The van der Waals surface area contributed by atoms with Crippen molar-refractivity contribution in [2.24, 2.45) is 7.05 Å².